The zero-order chi connectivity index (χ0) is 8.97. The van der Waals surface area contributed by atoms with Crippen LogP contribution in [0, 0.1) is 0 Å². The molecule has 1 aromatic heterocycles. The van der Waals surface area contributed by atoms with Gasteiger partial charge in [-0.25, -0.2) is 0 Å². The fourth-order valence-electron chi connectivity index (χ4n) is 1.04. The van der Waals surface area contributed by atoms with Gasteiger partial charge in [0, 0.05) is 12.1 Å². The number of ketones is 1. The van der Waals surface area contributed by atoms with E-state index in [1.165, 1.54) is 0 Å². The van der Waals surface area contributed by atoms with Gasteiger partial charge >= 0.3 is 0 Å². The second-order valence-corrected chi connectivity index (χ2v) is 2.81. The van der Waals surface area contributed by atoms with E-state index in [1.54, 1.807) is 0 Å². The number of carbonyl (C=O) groups is 1. The Morgan fingerprint density at radius 2 is 2.33 bits per heavy atom. The number of nitrogens with zero attached hydrogens (tertiary/aromatic N) is 1. The Balaban J connectivity index is 2.68. The molecule has 1 heterocycles. The number of aromatic nitrogens is 2. The monoisotopic (exact) mass is 166 g/mol. The normalized spacial score (nSPS) is 10.2. The molecule has 1 aromatic rings. The molecule has 0 bridgehead atoms. The Kier molecular flexibility index (Phi) is 3.02. The van der Waals surface area contributed by atoms with Gasteiger partial charge in [0.1, 0.15) is 5.69 Å². The fraction of sp³-hybridized carbons (Fsp3) is 0.556. The Morgan fingerprint density at radius 3 is 2.83 bits per heavy atom. The minimum absolute atomic E-state index is 0.133. The second kappa shape index (κ2) is 4.04. The molecule has 0 aliphatic carbocycles. The van der Waals surface area contributed by atoms with Crippen molar-refractivity contribution < 1.29 is 4.79 Å². The van der Waals surface area contributed by atoms with Crippen LogP contribution < -0.4 is 0 Å². The summed E-state index contributed by atoms with van der Waals surface area (Å²) in [4.78, 5) is 11.3. The summed E-state index contributed by atoms with van der Waals surface area (Å²) in [6, 6.07) is 1.83. The third-order valence-corrected chi connectivity index (χ3v) is 1.77. The van der Waals surface area contributed by atoms with E-state index in [4.69, 9.17) is 0 Å². The van der Waals surface area contributed by atoms with Gasteiger partial charge in [0.25, 0.3) is 0 Å². The molecule has 12 heavy (non-hydrogen) atoms. The van der Waals surface area contributed by atoms with Gasteiger partial charge in [0.15, 0.2) is 5.78 Å². The molecule has 0 saturated heterocycles. The van der Waals surface area contributed by atoms with Gasteiger partial charge < -0.3 is 0 Å². The first-order valence-corrected chi connectivity index (χ1v) is 4.35. The number of carbonyl (C=O) groups excluding carboxylic acids is 1. The molecule has 0 aromatic carbocycles. The summed E-state index contributed by atoms with van der Waals surface area (Å²) in [7, 11) is 0. The second-order valence-electron chi connectivity index (χ2n) is 2.81. The molecule has 0 amide bonds. The maximum atomic E-state index is 11.3. The first kappa shape index (κ1) is 8.97. The van der Waals surface area contributed by atoms with Crippen molar-refractivity contribution in [2.75, 3.05) is 0 Å². The first-order chi connectivity index (χ1) is 5.77. The van der Waals surface area contributed by atoms with Crippen LogP contribution in [0.4, 0.5) is 0 Å². The third kappa shape index (κ3) is 1.94. The van der Waals surface area contributed by atoms with Gasteiger partial charge in [-0.15, -0.1) is 0 Å². The van der Waals surface area contributed by atoms with E-state index < -0.39 is 0 Å². The molecule has 0 fully saturated rings. The fourth-order valence-corrected chi connectivity index (χ4v) is 1.04. The van der Waals surface area contributed by atoms with Gasteiger partial charge in [-0.1, -0.05) is 13.8 Å². The van der Waals surface area contributed by atoms with Crippen LogP contribution >= 0.6 is 0 Å². The molecule has 0 aliphatic rings. The maximum absolute atomic E-state index is 11.3. The molecule has 66 valence electrons. The maximum Gasteiger partial charge on any atom is 0.183 e. The zero-order valence-corrected chi connectivity index (χ0v) is 7.55. The summed E-state index contributed by atoms with van der Waals surface area (Å²) in [5.41, 5.74) is 1.60. The molecular weight excluding hydrogens is 152 g/mol. The molecule has 0 atom stereocenters. The molecular formula is C9H14N2O. The van der Waals surface area contributed by atoms with Crippen LogP contribution in [-0.4, -0.2) is 16.0 Å². The molecule has 0 saturated carbocycles. The quantitative estimate of drug-likeness (QED) is 0.695. The number of Topliss-reactive ketones (excluding diaryl/α,β-unsaturated/α-hetero) is 1. The lowest BCUT2D eigenvalue weighted by Crippen LogP contribution is -1.97. The van der Waals surface area contributed by atoms with Crippen molar-refractivity contribution in [3.8, 4) is 0 Å². The highest BCUT2D eigenvalue weighted by Gasteiger charge is 2.07. The zero-order valence-electron chi connectivity index (χ0n) is 7.55. The Labute approximate surface area is 72.2 Å². The van der Waals surface area contributed by atoms with Crippen LogP contribution in [0.5, 0.6) is 0 Å². The predicted octanol–water partition coefficient (Wildman–Crippen LogP) is 1.95. The largest absolute Gasteiger partial charge is 0.292 e. The lowest BCUT2D eigenvalue weighted by atomic mass is 10.1. The summed E-state index contributed by atoms with van der Waals surface area (Å²) in [5, 5.41) is 6.75. The van der Waals surface area contributed by atoms with Crippen LogP contribution in [0.15, 0.2) is 6.07 Å². The van der Waals surface area contributed by atoms with Crippen molar-refractivity contribution in [1.29, 1.82) is 0 Å². The van der Waals surface area contributed by atoms with Crippen LogP contribution in [0.3, 0.4) is 0 Å². The van der Waals surface area contributed by atoms with Gasteiger partial charge in [-0.05, 0) is 18.9 Å². The Bertz CT molecular complexity index is 265. The third-order valence-electron chi connectivity index (χ3n) is 1.77. The topological polar surface area (TPSA) is 45.8 Å². The lowest BCUT2D eigenvalue weighted by Gasteiger charge is -1.89. The van der Waals surface area contributed by atoms with E-state index in [9.17, 15) is 4.79 Å². The highest BCUT2D eigenvalue weighted by molar-refractivity contribution is 5.94. The van der Waals surface area contributed by atoms with Gasteiger partial charge in [-0.3, -0.25) is 9.89 Å². The summed E-state index contributed by atoms with van der Waals surface area (Å²) in [6.45, 7) is 4.02. The minimum atomic E-state index is 0.133. The number of aromatic amines is 1. The summed E-state index contributed by atoms with van der Waals surface area (Å²) in [6.07, 6.45) is 2.37. The van der Waals surface area contributed by atoms with Gasteiger partial charge in [0.2, 0.25) is 0 Å². The molecule has 0 unspecified atom stereocenters. The Morgan fingerprint density at radius 1 is 1.58 bits per heavy atom. The molecule has 1 rings (SSSR count). The summed E-state index contributed by atoms with van der Waals surface area (Å²) in [5.74, 6) is 0.133. The lowest BCUT2D eigenvalue weighted by molar-refractivity contribution is 0.0977. The standard InChI is InChI=1S/C9H14N2O/c1-3-5-9(12)8-6-7(4-2)10-11-8/h6H,3-5H2,1-2H3,(H,10,11). The average Bonchev–Trinajstić information content (AvgIpc) is 2.52. The van der Waals surface area contributed by atoms with E-state index in [1.807, 2.05) is 19.9 Å². The number of hydrogen-bond donors (Lipinski definition) is 1. The number of hydrogen-bond acceptors (Lipinski definition) is 2. The highest BCUT2D eigenvalue weighted by atomic mass is 16.1. The van der Waals surface area contributed by atoms with E-state index in [-0.39, 0.29) is 5.78 Å². The van der Waals surface area contributed by atoms with Crippen LogP contribution in [0.2, 0.25) is 0 Å². The van der Waals surface area contributed by atoms with Gasteiger partial charge in [0.05, 0.1) is 0 Å². The average molecular weight is 166 g/mol. The predicted molar refractivity (Wildman–Crippen MR) is 47.2 cm³/mol. The molecule has 0 radical (unpaired) electrons. The molecule has 1 N–H and O–H groups in total. The molecule has 0 aliphatic heterocycles. The first-order valence-electron chi connectivity index (χ1n) is 4.35. The van der Waals surface area contributed by atoms with Crippen LogP contribution in [0.25, 0.3) is 0 Å². The van der Waals surface area contributed by atoms with E-state index in [0.717, 1.165) is 18.5 Å². The van der Waals surface area contributed by atoms with E-state index in [2.05, 4.69) is 10.2 Å². The van der Waals surface area contributed by atoms with Gasteiger partial charge in [-0.2, -0.15) is 5.10 Å². The highest BCUT2D eigenvalue weighted by Crippen LogP contribution is 2.04. The van der Waals surface area contributed by atoms with Crippen molar-refractivity contribution in [1.82, 2.24) is 10.2 Å². The SMILES string of the molecule is CCCC(=O)c1cc(CC)[nH]n1. The Hall–Kier alpha value is -1.12. The number of H-pyrrole nitrogens is 1. The number of nitrogens with one attached hydrogen (secondary N) is 1. The van der Waals surface area contributed by atoms with Crippen LogP contribution in [-0.2, 0) is 6.42 Å². The minimum Gasteiger partial charge on any atom is -0.292 e. The summed E-state index contributed by atoms with van der Waals surface area (Å²) >= 11 is 0. The van der Waals surface area contributed by atoms with Crippen molar-refractivity contribution in [3.05, 3.63) is 17.5 Å². The molecule has 3 heteroatoms. The van der Waals surface area contributed by atoms with Crippen molar-refractivity contribution in [2.24, 2.45) is 0 Å². The molecule has 0 spiro atoms. The summed E-state index contributed by atoms with van der Waals surface area (Å²) < 4.78 is 0. The number of rotatable bonds is 4. The van der Waals surface area contributed by atoms with Crippen molar-refractivity contribution in [2.45, 2.75) is 33.1 Å². The van der Waals surface area contributed by atoms with Crippen molar-refractivity contribution in [3.63, 3.8) is 0 Å². The molecule has 3 nitrogen and oxygen atoms in total. The van der Waals surface area contributed by atoms with Crippen molar-refractivity contribution >= 4 is 5.78 Å². The van der Waals surface area contributed by atoms with E-state index >= 15 is 0 Å². The smallest absolute Gasteiger partial charge is 0.183 e. The van der Waals surface area contributed by atoms with Crippen LogP contribution in [0.1, 0.15) is 42.9 Å². The number of aryl methyl sites for hydroxylation is 1. The van der Waals surface area contributed by atoms with E-state index in [0.29, 0.717) is 12.1 Å².